The van der Waals surface area contributed by atoms with E-state index in [-0.39, 0.29) is 10.6 Å². The fourth-order valence-electron chi connectivity index (χ4n) is 1.06. The Morgan fingerprint density at radius 3 is 2.20 bits per heavy atom. The van der Waals surface area contributed by atoms with Crippen molar-refractivity contribution in [2.24, 2.45) is 5.73 Å². The van der Waals surface area contributed by atoms with E-state index in [0.717, 1.165) is 18.2 Å². The van der Waals surface area contributed by atoms with Crippen molar-refractivity contribution >= 4 is 11.6 Å². The lowest BCUT2D eigenvalue weighted by Crippen LogP contribution is -2.48. The van der Waals surface area contributed by atoms with Crippen molar-refractivity contribution in [2.45, 2.75) is 25.3 Å². The fourth-order valence-corrected chi connectivity index (χ4v) is 1.24. The average molecular weight is 238 g/mol. The zero-order chi connectivity index (χ0) is 11.9. The molecule has 1 nitrogen and oxygen atoms in total. The van der Waals surface area contributed by atoms with Crippen LogP contribution in [0.15, 0.2) is 18.2 Å². The molecule has 1 aromatic carbocycles. The number of benzene rings is 1. The van der Waals surface area contributed by atoms with Crippen molar-refractivity contribution in [3.63, 3.8) is 0 Å². The highest BCUT2D eigenvalue weighted by atomic mass is 35.5. The molecule has 0 unspecified atom stereocenters. The van der Waals surface area contributed by atoms with Gasteiger partial charge in [-0.3, -0.25) is 0 Å². The molecular formula is C10H11ClF3N. The molecule has 0 saturated heterocycles. The van der Waals surface area contributed by atoms with Crippen LogP contribution < -0.4 is 5.73 Å². The minimum Gasteiger partial charge on any atom is -0.320 e. The molecule has 0 bridgehead atoms. The molecule has 0 aliphatic heterocycles. The highest BCUT2D eigenvalue weighted by Crippen LogP contribution is 2.38. The second-order valence-electron chi connectivity index (χ2n) is 3.92. The van der Waals surface area contributed by atoms with Gasteiger partial charge in [0.25, 0.3) is 5.92 Å². The van der Waals surface area contributed by atoms with Crippen LogP contribution in [0.4, 0.5) is 13.2 Å². The molecule has 0 aromatic heterocycles. The maximum atomic E-state index is 13.7. The quantitative estimate of drug-likeness (QED) is 0.839. The Morgan fingerprint density at radius 1 is 1.27 bits per heavy atom. The molecule has 15 heavy (non-hydrogen) atoms. The minimum atomic E-state index is -3.26. The molecule has 0 heterocycles. The molecule has 0 amide bonds. The Kier molecular flexibility index (Phi) is 3.03. The van der Waals surface area contributed by atoms with Gasteiger partial charge in [0.05, 0.1) is 10.6 Å². The van der Waals surface area contributed by atoms with E-state index in [1.54, 1.807) is 0 Å². The van der Waals surface area contributed by atoms with Gasteiger partial charge in [-0.25, -0.2) is 4.39 Å². The summed E-state index contributed by atoms with van der Waals surface area (Å²) in [5.74, 6) is -3.99. The number of alkyl halides is 2. The maximum Gasteiger partial charge on any atom is 0.290 e. The largest absolute Gasteiger partial charge is 0.320 e. The molecule has 5 heteroatoms. The molecule has 2 N–H and O–H groups in total. The Hall–Kier alpha value is -0.740. The van der Waals surface area contributed by atoms with Crippen LogP contribution in [0.3, 0.4) is 0 Å². The second kappa shape index (κ2) is 3.68. The van der Waals surface area contributed by atoms with E-state index in [4.69, 9.17) is 17.3 Å². The van der Waals surface area contributed by atoms with Crippen molar-refractivity contribution in [1.82, 2.24) is 0 Å². The Balaban J connectivity index is 3.22. The summed E-state index contributed by atoms with van der Waals surface area (Å²) < 4.78 is 40.1. The normalized spacial score (nSPS) is 13.0. The standard InChI is InChI=1S/C10H11ClF3N/c1-9(2,15)10(13,14)6-3-4-8(12)7(11)5-6/h3-5H,15H2,1-2H3. The van der Waals surface area contributed by atoms with E-state index < -0.39 is 17.3 Å². The molecular weight excluding hydrogens is 227 g/mol. The first kappa shape index (κ1) is 12.3. The van der Waals surface area contributed by atoms with Gasteiger partial charge in [-0.05, 0) is 32.0 Å². The van der Waals surface area contributed by atoms with Crippen LogP contribution in [0.5, 0.6) is 0 Å². The first-order valence-electron chi connectivity index (χ1n) is 4.28. The molecule has 0 fully saturated rings. The maximum absolute atomic E-state index is 13.7. The van der Waals surface area contributed by atoms with Gasteiger partial charge in [-0.15, -0.1) is 0 Å². The van der Waals surface area contributed by atoms with Crippen molar-refractivity contribution in [2.75, 3.05) is 0 Å². The van der Waals surface area contributed by atoms with Gasteiger partial charge in [0, 0.05) is 5.56 Å². The van der Waals surface area contributed by atoms with Crippen LogP contribution >= 0.6 is 11.6 Å². The molecule has 0 aliphatic rings. The lowest BCUT2D eigenvalue weighted by molar-refractivity contribution is -0.0673. The van der Waals surface area contributed by atoms with Gasteiger partial charge in [0.15, 0.2) is 0 Å². The molecule has 0 saturated carbocycles. The molecule has 0 radical (unpaired) electrons. The summed E-state index contributed by atoms with van der Waals surface area (Å²) in [5, 5.41) is -0.337. The third kappa shape index (κ3) is 2.26. The summed E-state index contributed by atoms with van der Waals surface area (Å²) in [5.41, 5.74) is 3.23. The number of halogens is 4. The summed E-state index contributed by atoms with van der Waals surface area (Å²) >= 11 is 5.42. The fraction of sp³-hybridized carbons (Fsp3) is 0.400. The Labute approximate surface area is 91.0 Å². The summed E-state index contributed by atoms with van der Waals surface area (Å²) in [6, 6.07) is 2.78. The number of rotatable bonds is 2. The Bertz CT molecular complexity index is 371. The summed E-state index contributed by atoms with van der Waals surface area (Å²) in [6.45, 7) is 2.40. The zero-order valence-corrected chi connectivity index (χ0v) is 9.08. The van der Waals surface area contributed by atoms with E-state index in [0.29, 0.717) is 0 Å². The van der Waals surface area contributed by atoms with Gasteiger partial charge >= 0.3 is 0 Å². The molecule has 0 spiro atoms. The van der Waals surface area contributed by atoms with E-state index in [1.807, 2.05) is 0 Å². The van der Waals surface area contributed by atoms with Gasteiger partial charge in [-0.1, -0.05) is 11.6 Å². The predicted molar refractivity (Wildman–Crippen MR) is 53.6 cm³/mol. The Morgan fingerprint density at radius 2 is 1.80 bits per heavy atom. The monoisotopic (exact) mass is 237 g/mol. The third-order valence-corrected chi connectivity index (χ3v) is 2.38. The molecule has 0 atom stereocenters. The molecule has 0 aliphatic carbocycles. The van der Waals surface area contributed by atoms with E-state index in [1.165, 1.54) is 13.8 Å². The van der Waals surface area contributed by atoms with Gasteiger partial charge in [-0.2, -0.15) is 8.78 Å². The van der Waals surface area contributed by atoms with Gasteiger partial charge < -0.3 is 5.73 Å². The van der Waals surface area contributed by atoms with Crippen molar-refractivity contribution in [3.05, 3.63) is 34.6 Å². The van der Waals surface area contributed by atoms with E-state index >= 15 is 0 Å². The van der Waals surface area contributed by atoms with Crippen LogP contribution in [0.1, 0.15) is 19.4 Å². The first-order chi connectivity index (χ1) is 6.66. The smallest absolute Gasteiger partial charge is 0.290 e. The molecule has 1 aromatic rings. The SMILES string of the molecule is CC(C)(N)C(F)(F)c1ccc(F)c(Cl)c1. The number of nitrogens with two attached hydrogens (primary N) is 1. The van der Waals surface area contributed by atoms with Crippen molar-refractivity contribution < 1.29 is 13.2 Å². The molecule has 84 valence electrons. The van der Waals surface area contributed by atoms with Crippen LogP contribution in [0.2, 0.25) is 5.02 Å². The van der Waals surface area contributed by atoms with Crippen LogP contribution in [-0.4, -0.2) is 5.54 Å². The highest BCUT2D eigenvalue weighted by molar-refractivity contribution is 6.30. The van der Waals surface area contributed by atoms with Gasteiger partial charge in [0.2, 0.25) is 0 Å². The summed E-state index contributed by atoms with van der Waals surface area (Å²) in [6.07, 6.45) is 0. The lowest BCUT2D eigenvalue weighted by Gasteiger charge is -2.30. The topological polar surface area (TPSA) is 26.0 Å². The zero-order valence-electron chi connectivity index (χ0n) is 8.32. The minimum absolute atomic E-state index is 0.337. The van der Waals surface area contributed by atoms with Crippen LogP contribution in [0.25, 0.3) is 0 Å². The van der Waals surface area contributed by atoms with Gasteiger partial charge in [0.1, 0.15) is 5.82 Å². The summed E-state index contributed by atoms with van der Waals surface area (Å²) in [7, 11) is 0. The predicted octanol–water partition coefficient (Wildman–Crippen LogP) is 3.31. The first-order valence-corrected chi connectivity index (χ1v) is 4.66. The molecule has 1 rings (SSSR count). The lowest BCUT2D eigenvalue weighted by atomic mass is 9.91. The number of hydrogen-bond acceptors (Lipinski definition) is 1. The van der Waals surface area contributed by atoms with E-state index in [9.17, 15) is 13.2 Å². The number of hydrogen-bond donors (Lipinski definition) is 1. The van der Waals surface area contributed by atoms with E-state index in [2.05, 4.69) is 0 Å². The van der Waals surface area contributed by atoms with Crippen LogP contribution in [0, 0.1) is 5.82 Å². The second-order valence-corrected chi connectivity index (χ2v) is 4.33. The average Bonchev–Trinajstić information content (AvgIpc) is 2.07. The summed E-state index contributed by atoms with van der Waals surface area (Å²) in [4.78, 5) is 0. The van der Waals surface area contributed by atoms with Crippen molar-refractivity contribution in [3.8, 4) is 0 Å². The highest BCUT2D eigenvalue weighted by Gasteiger charge is 2.45. The third-order valence-electron chi connectivity index (χ3n) is 2.09. The van der Waals surface area contributed by atoms with Crippen LogP contribution in [-0.2, 0) is 5.92 Å². The van der Waals surface area contributed by atoms with Crippen molar-refractivity contribution in [1.29, 1.82) is 0 Å².